The minimum atomic E-state index is -0.926. The Bertz CT molecular complexity index is 543. The van der Waals surface area contributed by atoms with Crippen molar-refractivity contribution in [2.45, 2.75) is 9.79 Å². The highest BCUT2D eigenvalue weighted by Crippen LogP contribution is 2.35. The molecule has 5 heteroatoms. The van der Waals surface area contributed by atoms with Crippen LogP contribution < -0.4 is 5.73 Å². The molecular formula is C12H8ClF2NS. The van der Waals surface area contributed by atoms with E-state index in [9.17, 15) is 8.78 Å². The zero-order chi connectivity index (χ0) is 12.4. The standard InChI is InChI=1S/C12H8ClF2NS/c13-7-1-3-8(4-2-7)17-12-10(16)6-5-9(14)11(12)15/h1-6H,16H2. The lowest BCUT2D eigenvalue weighted by atomic mass is 10.3. The summed E-state index contributed by atoms with van der Waals surface area (Å²) in [6.45, 7) is 0. The van der Waals surface area contributed by atoms with E-state index in [2.05, 4.69) is 0 Å². The molecule has 0 aliphatic heterocycles. The molecule has 0 unspecified atom stereocenters. The summed E-state index contributed by atoms with van der Waals surface area (Å²) in [6, 6.07) is 9.15. The van der Waals surface area contributed by atoms with Crippen molar-refractivity contribution in [3.05, 3.63) is 53.1 Å². The van der Waals surface area contributed by atoms with Gasteiger partial charge < -0.3 is 5.73 Å². The number of benzene rings is 2. The van der Waals surface area contributed by atoms with E-state index in [0.29, 0.717) is 5.02 Å². The molecule has 0 saturated carbocycles. The Hall–Kier alpha value is -1.26. The minimum absolute atomic E-state index is 0.0901. The topological polar surface area (TPSA) is 26.0 Å². The molecule has 0 aliphatic rings. The zero-order valence-corrected chi connectivity index (χ0v) is 10.2. The number of anilines is 1. The van der Waals surface area contributed by atoms with Gasteiger partial charge in [-0.25, -0.2) is 8.78 Å². The summed E-state index contributed by atoms with van der Waals surface area (Å²) in [7, 11) is 0. The molecule has 0 aromatic heterocycles. The van der Waals surface area contributed by atoms with Crippen molar-refractivity contribution in [3.8, 4) is 0 Å². The van der Waals surface area contributed by atoms with Gasteiger partial charge in [-0.1, -0.05) is 23.4 Å². The molecule has 0 heterocycles. The van der Waals surface area contributed by atoms with E-state index >= 15 is 0 Å². The maximum absolute atomic E-state index is 13.5. The molecule has 2 N–H and O–H groups in total. The Labute approximate surface area is 107 Å². The van der Waals surface area contributed by atoms with Crippen molar-refractivity contribution in [2.75, 3.05) is 5.73 Å². The molecule has 17 heavy (non-hydrogen) atoms. The number of nitrogen functional groups attached to an aromatic ring is 1. The quantitative estimate of drug-likeness (QED) is 0.822. The van der Waals surface area contributed by atoms with E-state index in [1.165, 1.54) is 6.07 Å². The summed E-state index contributed by atoms with van der Waals surface area (Å²) in [5.41, 5.74) is 5.83. The molecule has 0 atom stereocenters. The van der Waals surface area contributed by atoms with Crippen LogP contribution in [0.4, 0.5) is 14.5 Å². The van der Waals surface area contributed by atoms with Crippen LogP contribution in [0.25, 0.3) is 0 Å². The molecule has 2 aromatic rings. The van der Waals surface area contributed by atoms with Gasteiger partial charge in [0.1, 0.15) is 0 Å². The third kappa shape index (κ3) is 2.70. The molecular weight excluding hydrogens is 264 g/mol. The largest absolute Gasteiger partial charge is 0.398 e. The highest BCUT2D eigenvalue weighted by molar-refractivity contribution is 7.99. The van der Waals surface area contributed by atoms with Crippen molar-refractivity contribution in [1.82, 2.24) is 0 Å². The number of hydrogen-bond acceptors (Lipinski definition) is 2. The van der Waals surface area contributed by atoms with Crippen LogP contribution in [0.1, 0.15) is 0 Å². The molecule has 2 aromatic carbocycles. The number of nitrogens with two attached hydrogens (primary N) is 1. The summed E-state index contributed by atoms with van der Waals surface area (Å²) in [6.07, 6.45) is 0. The van der Waals surface area contributed by atoms with Crippen LogP contribution in [-0.2, 0) is 0 Å². The van der Waals surface area contributed by atoms with Crippen molar-refractivity contribution >= 4 is 29.1 Å². The van der Waals surface area contributed by atoms with Gasteiger partial charge in [0.25, 0.3) is 0 Å². The van der Waals surface area contributed by atoms with Gasteiger partial charge in [0.05, 0.1) is 4.90 Å². The van der Waals surface area contributed by atoms with E-state index in [0.717, 1.165) is 22.7 Å². The van der Waals surface area contributed by atoms with Crippen molar-refractivity contribution in [1.29, 1.82) is 0 Å². The third-order valence-corrected chi connectivity index (χ3v) is 3.49. The number of halogens is 3. The van der Waals surface area contributed by atoms with Crippen molar-refractivity contribution in [2.24, 2.45) is 0 Å². The molecule has 0 bridgehead atoms. The third-order valence-electron chi connectivity index (χ3n) is 2.11. The van der Waals surface area contributed by atoms with Gasteiger partial charge in [-0.15, -0.1) is 0 Å². The van der Waals surface area contributed by atoms with Gasteiger partial charge in [-0.3, -0.25) is 0 Å². The highest BCUT2D eigenvalue weighted by Gasteiger charge is 2.13. The lowest BCUT2D eigenvalue weighted by Crippen LogP contribution is -1.95. The normalized spacial score (nSPS) is 10.5. The van der Waals surface area contributed by atoms with Crippen LogP contribution in [0.3, 0.4) is 0 Å². The average molecular weight is 272 g/mol. The Morgan fingerprint density at radius 1 is 1.00 bits per heavy atom. The first-order chi connectivity index (χ1) is 8.08. The molecule has 2 rings (SSSR count). The summed E-state index contributed by atoms with van der Waals surface area (Å²) in [4.78, 5) is 0.831. The molecule has 0 spiro atoms. The summed E-state index contributed by atoms with van der Waals surface area (Å²) >= 11 is 6.80. The van der Waals surface area contributed by atoms with Gasteiger partial charge >= 0.3 is 0 Å². The fraction of sp³-hybridized carbons (Fsp3) is 0. The van der Waals surface area contributed by atoms with E-state index in [1.807, 2.05) is 0 Å². The first-order valence-corrected chi connectivity index (χ1v) is 5.94. The van der Waals surface area contributed by atoms with Crippen LogP contribution in [0.5, 0.6) is 0 Å². The SMILES string of the molecule is Nc1ccc(F)c(F)c1Sc1ccc(Cl)cc1. The second-order valence-corrected chi connectivity index (χ2v) is 4.86. The van der Waals surface area contributed by atoms with Crippen LogP contribution in [0.15, 0.2) is 46.2 Å². The summed E-state index contributed by atoms with van der Waals surface area (Å²) in [5.74, 6) is -1.83. The monoisotopic (exact) mass is 271 g/mol. The lowest BCUT2D eigenvalue weighted by Gasteiger charge is -2.07. The fourth-order valence-electron chi connectivity index (χ4n) is 1.27. The molecule has 1 nitrogen and oxygen atoms in total. The maximum atomic E-state index is 13.5. The van der Waals surface area contributed by atoms with Gasteiger partial charge in [-0.05, 0) is 36.4 Å². The van der Waals surface area contributed by atoms with Gasteiger partial charge in [0, 0.05) is 15.6 Å². The summed E-state index contributed by atoms with van der Waals surface area (Å²) < 4.78 is 26.6. The van der Waals surface area contributed by atoms with E-state index < -0.39 is 11.6 Å². The van der Waals surface area contributed by atoms with E-state index in [1.54, 1.807) is 24.3 Å². The van der Waals surface area contributed by atoms with Crippen molar-refractivity contribution in [3.63, 3.8) is 0 Å². The average Bonchev–Trinajstić information content (AvgIpc) is 2.32. The first-order valence-electron chi connectivity index (χ1n) is 4.75. The summed E-state index contributed by atoms with van der Waals surface area (Å²) in [5, 5.41) is 0.585. The minimum Gasteiger partial charge on any atom is -0.398 e. The zero-order valence-electron chi connectivity index (χ0n) is 8.58. The van der Waals surface area contributed by atoms with Crippen LogP contribution >= 0.6 is 23.4 Å². The Morgan fingerprint density at radius 3 is 2.29 bits per heavy atom. The molecule has 0 saturated heterocycles. The van der Waals surface area contributed by atoms with Gasteiger partial charge in [-0.2, -0.15) is 0 Å². The van der Waals surface area contributed by atoms with Crippen LogP contribution in [0, 0.1) is 11.6 Å². The Balaban J connectivity index is 2.36. The van der Waals surface area contributed by atoms with Crippen molar-refractivity contribution < 1.29 is 8.78 Å². The van der Waals surface area contributed by atoms with Gasteiger partial charge in [0.15, 0.2) is 11.6 Å². The second-order valence-electron chi connectivity index (χ2n) is 3.34. The molecule has 88 valence electrons. The first kappa shape index (κ1) is 12.2. The smallest absolute Gasteiger partial charge is 0.174 e. The number of hydrogen-bond donors (Lipinski definition) is 1. The lowest BCUT2D eigenvalue weighted by molar-refractivity contribution is 0.492. The molecule has 0 fully saturated rings. The molecule has 0 radical (unpaired) electrons. The van der Waals surface area contributed by atoms with Crippen LogP contribution in [0.2, 0.25) is 5.02 Å². The fourth-order valence-corrected chi connectivity index (χ4v) is 2.28. The van der Waals surface area contributed by atoms with Gasteiger partial charge in [0.2, 0.25) is 0 Å². The molecule has 0 amide bonds. The predicted molar refractivity (Wildman–Crippen MR) is 66.3 cm³/mol. The second kappa shape index (κ2) is 4.94. The number of rotatable bonds is 2. The Morgan fingerprint density at radius 2 is 1.65 bits per heavy atom. The van der Waals surface area contributed by atoms with E-state index in [-0.39, 0.29) is 10.6 Å². The van der Waals surface area contributed by atoms with Crippen LogP contribution in [-0.4, -0.2) is 0 Å². The predicted octanol–water partition coefficient (Wildman–Crippen LogP) is 4.35. The Kier molecular flexibility index (Phi) is 3.54. The maximum Gasteiger partial charge on any atom is 0.174 e. The highest BCUT2D eigenvalue weighted by atomic mass is 35.5. The van der Waals surface area contributed by atoms with E-state index in [4.69, 9.17) is 17.3 Å². The molecule has 0 aliphatic carbocycles.